The van der Waals surface area contributed by atoms with Crippen molar-refractivity contribution in [2.24, 2.45) is 0 Å². The van der Waals surface area contributed by atoms with Crippen LogP contribution in [0.3, 0.4) is 0 Å². The number of hydrogen-bond donors (Lipinski definition) is 2. The minimum absolute atomic E-state index is 0.183. The minimum Gasteiger partial charge on any atom is -0.394 e. The molecule has 1 atom stereocenters. The second-order valence-corrected chi connectivity index (χ2v) is 3.85. The lowest BCUT2D eigenvalue weighted by Crippen LogP contribution is -2.14. The molecule has 0 aliphatic carbocycles. The number of rotatable bonds is 4. The zero-order valence-corrected chi connectivity index (χ0v) is 8.29. The largest absolute Gasteiger partial charge is 0.394 e. The van der Waals surface area contributed by atoms with E-state index < -0.39 is 6.10 Å². The van der Waals surface area contributed by atoms with Gasteiger partial charge < -0.3 is 10.2 Å². The highest BCUT2D eigenvalue weighted by Crippen LogP contribution is 2.21. The lowest BCUT2D eigenvalue weighted by atomic mass is 10.3. The van der Waals surface area contributed by atoms with E-state index in [1.54, 1.807) is 12.4 Å². The first-order valence-corrected chi connectivity index (χ1v) is 5.05. The van der Waals surface area contributed by atoms with Crippen LogP contribution < -0.4 is 0 Å². The first-order chi connectivity index (χ1) is 6.24. The zero-order valence-electron chi connectivity index (χ0n) is 7.47. The first kappa shape index (κ1) is 10.5. The predicted molar refractivity (Wildman–Crippen MR) is 52.8 cm³/mol. The Morgan fingerprint density at radius 2 is 2.38 bits per heavy atom. The molecule has 4 heteroatoms. The predicted octanol–water partition coefficient (Wildman–Crippen LogP) is 0.835. The summed E-state index contributed by atoms with van der Waals surface area (Å²) in [6.07, 6.45) is 2.87. The molecule has 1 heterocycles. The van der Waals surface area contributed by atoms with Crippen LogP contribution >= 0.6 is 11.8 Å². The average molecular weight is 199 g/mol. The van der Waals surface area contributed by atoms with Gasteiger partial charge in [-0.05, 0) is 18.6 Å². The SMILES string of the molecule is Cc1cnccc1SCC(O)CO. The monoisotopic (exact) mass is 199 g/mol. The van der Waals surface area contributed by atoms with Gasteiger partial charge in [0, 0.05) is 23.0 Å². The third-order valence-electron chi connectivity index (χ3n) is 1.61. The van der Waals surface area contributed by atoms with E-state index in [2.05, 4.69) is 4.98 Å². The van der Waals surface area contributed by atoms with Crippen LogP contribution in [0.2, 0.25) is 0 Å². The number of aryl methyl sites for hydroxylation is 1. The molecule has 13 heavy (non-hydrogen) atoms. The molecule has 0 saturated heterocycles. The molecule has 1 unspecified atom stereocenters. The summed E-state index contributed by atoms with van der Waals surface area (Å²) >= 11 is 1.53. The quantitative estimate of drug-likeness (QED) is 0.705. The van der Waals surface area contributed by atoms with Gasteiger partial charge in [0.1, 0.15) is 0 Å². The molecule has 72 valence electrons. The Kier molecular flexibility index (Phi) is 4.21. The summed E-state index contributed by atoms with van der Waals surface area (Å²) in [6.45, 7) is 1.79. The molecule has 0 aromatic carbocycles. The van der Waals surface area contributed by atoms with Gasteiger partial charge in [-0.3, -0.25) is 4.98 Å². The van der Waals surface area contributed by atoms with E-state index in [0.29, 0.717) is 5.75 Å². The highest BCUT2D eigenvalue weighted by Gasteiger charge is 2.04. The molecule has 0 aliphatic rings. The fourth-order valence-corrected chi connectivity index (χ4v) is 1.78. The second kappa shape index (κ2) is 5.21. The lowest BCUT2D eigenvalue weighted by Gasteiger charge is -2.07. The standard InChI is InChI=1S/C9H13NO2S/c1-7-4-10-3-2-9(7)13-6-8(12)5-11/h2-4,8,11-12H,5-6H2,1H3. The number of nitrogens with zero attached hydrogens (tertiary/aromatic N) is 1. The Morgan fingerprint density at radius 3 is 3.00 bits per heavy atom. The number of hydrogen-bond acceptors (Lipinski definition) is 4. The van der Waals surface area contributed by atoms with Gasteiger partial charge in [0.25, 0.3) is 0 Å². The smallest absolute Gasteiger partial charge is 0.0864 e. The van der Waals surface area contributed by atoms with Gasteiger partial charge in [-0.15, -0.1) is 11.8 Å². The fourth-order valence-electron chi connectivity index (χ4n) is 0.861. The summed E-state index contributed by atoms with van der Waals surface area (Å²) in [5.41, 5.74) is 1.10. The van der Waals surface area contributed by atoms with Crippen LogP contribution in [0.15, 0.2) is 23.4 Å². The topological polar surface area (TPSA) is 53.4 Å². The second-order valence-electron chi connectivity index (χ2n) is 2.79. The van der Waals surface area contributed by atoms with Crippen LogP contribution in [0.4, 0.5) is 0 Å². The van der Waals surface area contributed by atoms with Crippen LogP contribution in [0.25, 0.3) is 0 Å². The lowest BCUT2D eigenvalue weighted by molar-refractivity contribution is 0.113. The Bertz CT molecular complexity index is 268. The molecule has 0 radical (unpaired) electrons. The van der Waals surface area contributed by atoms with E-state index in [-0.39, 0.29) is 6.61 Å². The third kappa shape index (κ3) is 3.34. The van der Waals surface area contributed by atoms with Crippen molar-refractivity contribution in [3.63, 3.8) is 0 Å². The first-order valence-electron chi connectivity index (χ1n) is 4.06. The number of pyridine rings is 1. The molecule has 0 bridgehead atoms. The molecular weight excluding hydrogens is 186 g/mol. The van der Waals surface area contributed by atoms with E-state index in [9.17, 15) is 0 Å². The Morgan fingerprint density at radius 1 is 1.62 bits per heavy atom. The molecule has 0 saturated carbocycles. The average Bonchev–Trinajstić information content (AvgIpc) is 2.16. The van der Waals surface area contributed by atoms with Crippen LogP contribution in [0, 0.1) is 6.92 Å². The molecule has 1 aromatic heterocycles. The Balaban J connectivity index is 2.50. The van der Waals surface area contributed by atoms with Crippen molar-refractivity contribution in [2.75, 3.05) is 12.4 Å². The maximum atomic E-state index is 9.12. The van der Waals surface area contributed by atoms with Gasteiger partial charge in [-0.2, -0.15) is 0 Å². The molecule has 1 rings (SSSR count). The van der Waals surface area contributed by atoms with E-state index in [1.807, 2.05) is 13.0 Å². The van der Waals surface area contributed by atoms with E-state index in [1.165, 1.54) is 11.8 Å². The highest BCUT2D eigenvalue weighted by atomic mass is 32.2. The van der Waals surface area contributed by atoms with Crippen molar-refractivity contribution in [1.29, 1.82) is 0 Å². The number of aromatic nitrogens is 1. The van der Waals surface area contributed by atoms with Gasteiger partial charge in [0.15, 0.2) is 0 Å². The third-order valence-corrected chi connectivity index (χ3v) is 2.93. The summed E-state index contributed by atoms with van der Waals surface area (Å²) in [5.74, 6) is 0.515. The maximum Gasteiger partial charge on any atom is 0.0864 e. The van der Waals surface area contributed by atoms with Gasteiger partial charge in [-0.1, -0.05) is 0 Å². The zero-order chi connectivity index (χ0) is 9.68. The highest BCUT2D eigenvalue weighted by molar-refractivity contribution is 7.99. The summed E-state index contributed by atoms with van der Waals surface area (Å²) < 4.78 is 0. The molecule has 0 amide bonds. The van der Waals surface area contributed by atoms with Crippen molar-refractivity contribution >= 4 is 11.8 Å². The summed E-state index contributed by atoms with van der Waals surface area (Å²) in [7, 11) is 0. The number of aliphatic hydroxyl groups excluding tert-OH is 2. The van der Waals surface area contributed by atoms with Gasteiger partial charge in [0.05, 0.1) is 12.7 Å². The fraction of sp³-hybridized carbons (Fsp3) is 0.444. The van der Waals surface area contributed by atoms with Crippen molar-refractivity contribution in [3.8, 4) is 0 Å². The molecule has 0 spiro atoms. The van der Waals surface area contributed by atoms with Gasteiger partial charge in [-0.25, -0.2) is 0 Å². The molecule has 2 N–H and O–H groups in total. The molecule has 3 nitrogen and oxygen atoms in total. The summed E-state index contributed by atoms with van der Waals surface area (Å²) in [6, 6.07) is 1.91. The van der Waals surface area contributed by atoms with Crippen LogP contribution in [-0.4, -0.2) is 33.7 Å². The number of thioether (sulfide) groups is 1. The summed E-state index contributed by atoms with van der Waals surface area (Å²) in [4.78, 5) is 5.07. The van der Waals surface area contributed by atoms with Crippen molar-refractivity contribution in [2.45, 2.75) is 17.9 Å². The maximum absolute atomic E-state index is 9.12. The molecule has 1 aromatic rings. The Hall–Kier alpha value is -0.580. The molecule has 0 aliphatic heterocycles. The van der Waals surface area contributed by atoms with Crippen molar-refractivity contribution < 1.29 is 10.2 Å². The summed E-state index contributed by atoms with van der Waals surface area (Å²) in [5, 5.41) is 17.7. The van der Waals surface area contributed by atoms with Gasteiger partial charge >= 0.3 is 0 Å². The van der Waals surface area contributed by atoms with E-state index >= 15 is 0 Å². The Labute approximate surface area is 81.8 Å². The molecular formula is C9H13NO2S. The van der Waals surface area contributed by atoms with Crippen molar-refractivity contribution in [3.05, 3.63) is 24.0 Å². The normalized spacial score (nSPS) is 12.8. The van der Waals surface area contributed by atoms with Crippen LogP contribution in [0.5, 0.6) is 0 Å². The van der Waals surface area contributed by atoms with E-state index in [0.717, 1.165) is 10.5 Å². The van der Waals surface area contributed by atoms with Crippen molar-refractivity contribution in [1.82, 2.24) is 4.98 Å². The van der Waals surface area contributed by atoms with Crippen LogP contribution in [0.1, 0.15) is 5.56 Å². The van der Waals surface area contributed by atoms with Crippen LogP contribution in [-0.2, 0) is 0 Å². The molecule has 0 fully saturated rings. The van der Waals surface area contributed by atoms with Gasteiger partial charge in [0.2, 0.25) is 0 Å². The van der Waals surface area contributed by atoms with E-state index in [4.69, 9.17) is 10.2 Å². The minimum atomic E-state index is -0.641. The number of aliphatic hydroxyl groups is 2.